The summed E-state index contributed by atoms with van der Waals surface area (Å²) in [5.74, 6) is 0.514. The number of hydrogen-bond acceptors (Lipinski definition) is 3. The Kier molecular flexibility index (Phi) is 6.29. The van der Waals surface area contributed by atoms with Gasteiger partial charge in [-0.05, 0) is 42.9 Å². The Morgan fingerprint density at radius 3 is 2.40 bits per heavy atom. The van der Waals surface area contributed by atoms with Crippen molar-refractivity contribution in [1.82, 2.24) is 14.7 Å². The summed E-state index contributed by atoms with van der Waals surface area (Å²) >= 11 is 6.25. The Labute approximate surface area is 180 Å². The fourth-order valence-electron chi connectivity index (χ4n) is 3.94. The number of rotatable bonds is 5. The molecular formula is C24H24ClN3O2. The standard InChI is InChI=1S/C24H24ClN3O2/c25-21-9-5-4-8-20(21)22-10-11-23(29)28(26-22)17-24(30)27-14-12-19(13-15-27)16-18-6-2-1-3-7-18/h1-11,19H,12-17H2. The normalized spacial score (nSPS) is 14.6. The minimum absolute atomic E-state index is 0.0551. The van der Waals surface area contributed by atoms with Crippen LogP contribution in [-0.4, -0.2) is 33.7 Å². The molecule has 1 aliphatic heterocycles. The van der Waals surface area contributed by atoms with Crippen LogP contribution in [0.2, 0.25) is 5.02 Å². The number of amides is 1. The van der Waals surface area contributed by atoms with Gasteiger partial charge < -0.3 is 4.90 Å². The van der Waals surface area contributed by atoms with E-state index in [0.29, 0.717) is 16.6 Å². The van der Waals surface area contributed by atoms with Gasteiger partial charge in [-0.1, -0.05) is 60.1 Å². The van der Waals surface area contributed by atoms with E-state index in [1.54, 1.807) is 12.1 Å². The van der Waals surface area contributed by atoms with Crippen molar-refractivity contribution in [3.05, 3.63) is 87.7 Å². The van der Waals surface area contributed by atoms with Gasteiger partial charge in [-0.2, -0.15) is 5.10 Å². The molecule has 0 bridgehead atoms. The lowest BCUT2D eigenvalue weighted by Crippen LogP contribution is -2.42. The number of benzene rings is 2. The van der Waals surface area contributed by atoms with Crippen molar-refractivity contribution < 1.29 is 4.79 Å². The van der Waals surface area contributed by atoms with E-state index >= 15 is 0 Å². The second-order valence-corrected chi connectivity index (χ2v) is 8.12. The van der Waals surface area contributed by atoms with Crippen molar-refractivity contribution >= 4 is 17.5 Å². The van der Waals surface area contributed by atoms with E-state index in [2.05, 4.69) is 29.4 Å². The highest BCUT2D eigenvalue weighted by Crippen LogP contribution is 2.25. The molecule has 0 saturated carbocycles. The molecule has 5 nitrogen and oxygen atoms in total. The van der Waals surface area contributed by atoms with Crippen molar-refractivity contribution in [2.45, 2.75) is 25.8 Å². The molecule has 1 saturated heterocycles. The molecular weight excluding hydrogens is 398 g/mol. The highest BCUT2D eigenvalue weighted by atomic mass is 35.5. The zero-order chi connectivity index (χ0) is 20.9. The summed E-state index contributed by atoms with van der Waals surface area (Å²) in [4.78, 5) is 26.9. The van der Waals surface area contributed by atoms with E-state index in [-0.39, 0.29) is 18.0 Å². The van der Waals surface area contributed by atoms with Gasteiger partial charge in [-0.3, -0.25) is 9.59 Å². The quantitative estimate of drug-likeness (QED) is 0.624. The summed E-state index contributed by atoms with van der Waals surface area (Å²) in [6.07, 6.45) is 3.00. The summed E-state index contributed by atoms with van der Waals surface area (Å²) in [5, 5.41) is 4.94. The predicted octanol–water partition coefficient (Wildman–Crippen LogP) is 4.05. The molecule has 1 fully saturated rings. The average Bonchev–Trinajstić information content (AvgIpc) is 2.77. The average molecular weight is 422 g/mol. The molecule has 0 spiro atoms. The number of nitrogens with zero attached hydrogens (tertiary/aromatic N) is 3. The minimum Gasteiger partial charge on any atom is -0.341 e. The first-order valence-electron chi connectivity index (χ1n) is 10.2. The summed E-state index contributed by atoms with van der Waals surface area (Å²) in [5.41, 5.74) is 2.36. The molecule has 1 aromatic heterocycles. The van der Waals surface area contributed by atoms with Crippen LogP contribution in [0.3, 0.4) is 0 Å². The van der Waals surface area contributed by atoms with Gasteiger partial charge in [0, 0.05) is 24.7 Å². The first kappa shape index (κ1) is 20.4. The van der Waals surface area contributed by atoms with Crippen LogP contribution >= 0.6 is 11.6 Å². The molecule has 1 aliphatic rings. The lowest BCUT2D eigenvalue weighted by Gasteiger charge is -2.32. The van der Waals surface area contributed by atoms with Crippen LogP contribution < -0.4 is 5.56 Å². The number of carbonyl (C=O) groups excluding carboxylic acids is 1. The first-order valence-corrected chi connectivity index (χ1v) is 10.6. The van der Waals surface area contributed by atoms with Gasteiger partial charge in [0.15, 0.2) is 0 Å². The Bertz CT molecular complexity index is 1070. The second-order valence-electron chi connectivity index (χ2n) is 7.71. The van der Waals surface area contributed by atoms with E-state index < -0.39 is 0 Å². The Morgan fingerprint density at radius 2 is 1.67 bits per heavy atom. The van der Waals surface area contributed by atoms with Gasteiger partial charge in [-0.25, -0.2) is 4.68 Å². The van der Waals surface area contributed by atoms with Crippen molar-refractivity contribution in [2.75, 3.05) is 13.1 Å². The van der Waals surface area contributed by atoms with E-state index in [4.69, 9.17) is 11.6 Å². The highest BCUT2D eigenvalue weighted by molar-refractivity contribution is 6.33. The smallest absolute Gasteiger partial charge is 0.267 e. The van der Waals surface area contributed by atoms with Crippen LogP contribution in [-0.2, 0) is 17.8 Å². The Hall–Kier alpha value is -2.92. The third-order valence-electron chi connectivity index (χ3n) is 5.64. The minimum atomic E-state index is -0.293. The number of carbonyl (C=O) groups is 1. The Balaban J connectivity index is 1.39. The molecule has 154 valence electrons. The lowest BCUT2D eigenvalue weighted by atomic mass is 9.90. The summed E-state index contributed by atoms with van der Waals surface area (Å²) in [6, 6.07) is 20.9. The van der Waals surface area contributed by atoms with Gasteiger partial charge in [-0.15, -0.1) is 0 Å². The van der Waals surface area contributed by atoms with Gasteiger partial charge in [0.2, 0.25) is 5.91 Å². The zero-order valence-electron chi connectivity index (χ0n) is 16.7. The van der Waals surface area contributed by atoms with Crippen LogP contribution in [0.25, 0.3) is 11.3 Å². The molecule has 4 rings (SSSR count). The van der Waals surface area contributed by atoms with Crippen molar-refractivity contribution in [3.8, 4) is 11.3 Å². The number of hydrogen-bond donors (Lipinski definition) is 0. The number of likely N-dealkylation sites (tertiary alicyclic amines) is 1. The molecule has 6 heteroatoms. The zero-order valence-corrected chi connectivity index (χ0v) is 17.5. The maximum atomic E-state index is 12.8. The van der Waals surface area contributed by atoms with E-state index in [0.717, 1.165) is 37.9 Å². The summed E-state index contributed by atoms with van der Waals surface area (Å²) in [6.45, 7) is 1.38. The molecule has 3 aromatic rings. The largest absolute Gasteiger partial charge is 0.341 e. The predicted molar refractivity (Wildman–Crippen MR) is 118 cm³/mol. The lowest BCUT2D eigenvalue weighted by molar-refractivity contribution is -0.133. The van der Waals surface area contributed by atoms with Crippen LogP contribution in [0.5, 0.6) is 0 Å². The third kappa shape index (κ3) is 4.79. The summed E-state index contributed by atoms with van der Waals surface area (Å²) < 4.78 is 1.23. The van der Waals surface area contributed by atoms with Crippen LogP contribution in [0.1, 0.15) is 18.4 Å². The fraction of sp³-hybridized carbons (Fsp3) is 0.292. The molecule has 0 aliphatic carbocycles. The van der Waals surface area contributed by atoms with Crippen LogP contribution in [0.15, 0.2) is 71.5 Å². The van der Waals surface area contributed by atoms with E-state index in [1.165, 1.54) is 16.3 Å². The number of halogens is 1. The monoisotopic (exact) mass is 421 g/mol. The number of aromatic nitrogens is 2. The molecule has 0 N–H and O–H groups in total. The van der Waals surface area contributed by atoms with Gasteiger partial charge >= 0.3 is 0 Å². The molecule has 2 heterocycles. The molecule has 0 atom stereocenters. The van der Waals surface area contributed by atoms with Crippen molar-refractivity contribution in [1.29, 1.82) is 0 Å². The van der Waals surface area contributed by atoms with Gasteiger partial charge in [0.25, 0.3) is 5.56 Å². The first-order chi connectivity index (χ1) is 14.6. The maximum Gasteiger partial charge on any atom is 0.267 e. The molecule has 30 heavy (non-hydrogen) atoms. The van der Waals surface area contributed by atoms with E-state index in [1.807, 2.05) is 29.2 Å². The number of piperidine rings is 1. The van der Waals surface area contributed by atoms with Crippen LogP contribution in [0, 0.1) is 5.92 Å². The molecule has 0 radical (unpaired) electrons. The SMILES string of the molecule is O=C(Cn1nc(-c2ccccc2Cl)ccc1=O)N1CCC(Cc2ccccc2)CC1. The van der Waals surface area contributed by atoms with Crippen molar-refractivity contribution in [3.63, 3.8) is 0 Å². The fourth-order valence-corrected chi connectivity index (χ4v) is 4.17. The highest BCUT2D eigenvalue weighted by Gasteiger charge is 2.23. The topological polar surface area (TPSA) is 55.2 Å². The maximum absolute atomic E-state index is 12.8. The summed E-state index contributed by atoms with van der Waals surface area (Å²) in [7, 11) is 0. The second kappa shape index (κ2) is 9.26. The molecule has 2 aromatic carbocycles. The van der Waals surface area contributed by atoms with Crippen molar-refractivity contribution in [2.24, 2.45) is 5.92 Å². The molecule has 0 unspecified atom stereocenters. The van der Waals surface area contributed by atoms with Gasteiger partial charge in [0.05, 0.1) is 10.7 Å². The van der Waals surface area contributed by atoms with Crippen LogP contribution in [0.4, 0.5) is 0 Å². The van der Waals surface area contributed by atoms with Gasteiger partial charge in [0.1, 0.15) is 6.54 Å². The third-order valence-corrected chi connectivity index (χ3v) is 5.97. The van der Waals surface area contributed by atoms with E-state index in [9.17, 15) is 9.59 Å². The molecule has 1 amide bonds. The Morgan fingerprint density at radius 1 is 0.967 bits per heavy atom.